The first kappa shape index (κ1) is 13.9. The maximum absolute atomic E-state index is 10.9. The van der Waals surface area contributed by atoms with Crippen molar-refractivity contribution in [3.8, 4) is 0 Å². The van der Waals surface area contributed by atoms with Crippen LogP contribution < -0.4 is 5.32 Å². The number of rotatable bonds is 5. The van der Waals surface area contributed by atoms with Crippen molar-refractivity contribution in [2.24, 2.45) is 0 Å². The summed E-state index contributed by atoms with van der Waals surface area (Å²) in [5.41, 5.74) is 1.94. The lowest BCUT2D eigenvalue weighted by Gasteiger charge is -2.08. The molecule has 0 unspecified atom stereocenters. The highest BCUT2D eigenvalue weighted by molar-refractivity contribution is 5.90. The number of nitrogens with zero attached hydrogens (tertiary/aromatic N) is 3. The van der Waals surface area contributed by atoms with E-state index in [-0.39, 0.29) is 5.69 Å². The number of hydrogen-bond acceptors (Lipinski definition) is 5. The molecular formula is C16H14N4O2. The molecule has 1 heterocycles. The maximum Gasteiger partial charge on any atom is 0.270 e. The Balaban J connectivity index is 1.80. The fraction of sp³-hybridized carbons (Fsp3) is 0.125. The van der Waals surface area contributed by atoms with Crippen LogP contribution in [0.5, 0.6) is 0 Å². The van der Waals surface area contributed by atoms with Gasteiger partial charge in [-0.3, -0.25) is 10.1 Å². The Morgan fingerprint density at radius 1 is 1.09 bits per heavy atom. The Morgan fingerprint density at radius 3 is 2.68 bits per heavy atom. The average Bonchev–Trinajstić information content (AvgIpc) is 2.55. The summed E-state index contributed by atoms with van der Waals surface area (Å²) in [6, 6.07) is 14.7. The molecule has 1 aromatic heterocycles. The van der Waals surface area contributed by atoms with Crippen molar-refractivity contribution in [3.63, 3.8) is 0 Å². The summed E-state index contributed by atoms with van der Waals surface area (Å²) >= 11 is 0. The molecule has 0 bridgehead atoms. The Labute approximate surface area is 127 Å². The van der Waals surface area contributed by atoms with Crippen molar-refractivity contribution in [2.45, 2.75) is 6.42 Å². The average molecular weight is 294 g/mol. The van der Waals surface area contributed by atoms with E-state index in [1.807, 2.05) is 18.2 Å². The van der Waals surface area contributed by atoms with Crippen LogP contribution in [0.2, 0.25) is 0 Å². The van der Waals surface area contributed by atoms with Crippen LogP contribution in [-0.2, 0) is 6.42 Å². The minimum Gasteiger partial charge on any atom is -0.369 e. The van der Waals surface area contributed by atoms with E-state index in [1.54, 1.807) is 6.07 Å². The number of anilines is 1. The second-order valence-corrected chi connectivity index (χ2v) is 4.84. The molecule has 0 aliphatic carbocycles. The van der Waals surface area contributed by atoms with E-state index in [4.69, 9.17) is 0 Å². The van der Waals surface area contributed by atoms with E-state index in [0.29, 0.717) is 23.3 Å². The molecule has 0 fully saturated rings. The monoisotopic (exact) mass is 294 g/mol. The van der Waals surface area contributed by atoms with Crippen molar-refractivity contribution >= 4 is 22.4 Å². The molecule has 3 rings (SSSR count). The second-order valence-electron chi connectivity index (χ2n) is 4.84. The smallest absolute Gasteiger partial charge is 0.270 e. The first-order chi connectivity index (χ1) is 10.7. The van der Waals surface area contributed by atoms with Gasteiger partial charge in [0, 0.05) is 24.1 Å². The standard InChI is InChI=1S/C16H14N4O2/c21-20(22)13-6-7-15-14(10-13)16(19-11-18-15)17-9-8-12-4-2-1-3-5-12/h1-7,10-11H,8-9H2,(H,17,18,19). The molecule has 0 aliphatic heterocycles. The Hall–Kier alpha value is -3.02. The van der Waals surface area contributed by atoms with Gasteiger partial charge in [0.15, 0.2) is 0 Å². The molecule has 2 aromatic carbocycles. The normalized spacial score (nSPS) is 10.5. The molecule has 0 spiro atoms. The zero-order valence-corrected chi connectivity index (χ0v) is 11.8. The van der Waals surface area contributed by atoms with Crippen molar-refractivity contribution in [1.29, 1.82) is 0 Å². The quantitative estimate of drug-likeness (QED) is 0.577. The number of nitrogens with one attached hydrogen (secondary N) is 1. The molecule has 0 aliphatic rings. The molecule has 0 radical (unpaired) electrons. The summed E-state index contributed by atoms with van der Waals surface area (Å²) in [7, 11) is 0. The van der Waals surface area contributed by atoms with Crippen LogP contribution in [0.4, 0.5) is 11.5 Å². The highest BCUT2D eigenvalue weighted by atomic mass is 16.6. The molecule has 0 saturated carbocycles. The molecule has 6 nitrogen and oxygen atoms in total. The van der Waals surface area contributed by atoms with Gasteiger partial charge < -0.3 is 5.32 Å². The third kappa shape index (κ3) is 3.01. The molecule has 0 atom stereocenters. The summed E-state index contributed by atoms with van der Waals surface area (Å²) in [5.74, 6) is 0.615. The predicted molar refractivity (Wildman–Crippen MR) is 84.8 cm³/mol. The zero-order chi connectivity index (χ0) is 15.4. The number of hydrogen-bond donors (Lipinski definition) is 1. The number of nitro groups is 1. The number of nitro benzene ring substituents is 1. The third-order valence-corrected chi connectivity index (χ3v) is 3.38. The summed E-state index contributed by atoms with van der Waals surface area (Å²) < 4.78 is 0. The molecule has 1 N–H and O–H groups in total. The summed E-state index contributed by atoms with van der Waals surface area (Å²) in [5, 5.41) is 14.8. The molecular weight excluding hydrogens is 280 g/mol. The van der Waals surface area contributed by atoms with Gasteiger partial charge in [-0.25, -0.2) is 9.97 Å². The van der Waals surface area contributed by atoms with E-state index in [0.717, 1.165) is 6.42 Å². The van der Waals surface area contributed by atoms with Crippen molar-refractivity contribution in [1.82, 2.24) is 9.97 Å². The van der Waals surface area contributed by atoms with Crippen molar-refractivity contribution in [3.05, 3.63) is 70.5 Å². The van der Waals surface area contributed by atoms with Gasteiger partial charge in [0.1, 0.15) is 12.1 Å². The molecule has 110 valence electrons. The molecule has 6 heteroatoms. The van der Waals surface area contributed by atoms with Gasteiger partial charge in [0.2, 0.25) is 0 Å². The van der Waals surface area contributed by atoms with Crippen LogP contribution in [0.25, 0.3) is 10.9 Å². The largest absolute Gasteiger partial charge is 0.369 e. The van der Waals surface area contributed by atoms with E-state index < -0.39 is 4.92 Å². The Morgan fingerprint density at radius 2 is 1.91 bits per heavy atom. The highest BCUT2D eigenvalue weighted by Crippen LogP contribution is 2.24. The number of aromatic nitrogens is 2. The minimum absolute atomic E-state index is 0.0356. The van der Waals surface area contributed by atoms with Crippen LogP contribution in [0, 0.1) is 10.1 Å². The number of fused-ring (bicyclic) bond motifs is 1. The van der Waals surface area contributed by atoms with E-state index in [9.17, 15) is 10.1 Å². The van der Waals surface area contributed by atoms with Gasteiger partial charge >= 0.3 is 0 Å². The first-order valence-electron chi connectivity index (χ1n) is 6.91. The highest BCUT2D eigenvalue weighted by Gasteiger charge is 2.10. The van der Waals surface area contributed by atoms with Crippen LogP contribution in [-0.4, -0.2) is 21.4 Å². The molecule has 0 saturated heterocycles. The Bertz CT molecular complexity index is 806. The summed E-state index contributed by atoms with van der Waals surface area (Å²) in [4.78, 5) is 18.8. The van der Waals surface area contributed by atoms with E-state index >= 15 is 0 Å². The molecule has 3 aromatic rings. The van der Waals surface area contributed by atoms with E-state index in [2.05, 4.69) is 27.4 Å². The first-order valence-corrected chi connectivity index (χ1v) is 6.91. The topological polar surface area (TPSA) is 81.0 Å². The SMILES string of the molecule is O=[N+]([O-])c1ccc2ncnc(NCCc3ccccc3)c2c1. The number of benzene rings is 2. The van der Waals surface area contributed by atoms with Gasteiger partial charge in [-0.2, -0.15) is 0 Å². The van der Waals surface area contributed by atoms with Gasteiger partial charge in [-0.05, 0) is 18.1 Å². The van der Waals surface area contributed by atoms with Crippen LogP contribution in [0.3, 0.4) is 0 Å². The Kier molecular flexibility index (Phi) is 3.91. The lowest BCUT2D eigenvalue weighted by molar-refractivity contribution is -0.384. The lowest BCUT2D eigenvalue weighted by Crippen LogP contribution is -2.07. The predicted octanol–water partition coefficient (Wildman–Crippen LogP) is 3.19. The van der Waals surface area contributed by atoms with Crippen LogP contribution in [0.15, 0.2) is 54.9 Å². The molecule has 22 heavy (non-hydrogen) atoms. The van der Waals surface area contributed by atoms with Crippen LogP contribution in [0.1, 0.15) is 5.56 Å². The summed E-state index contributed by atoms with van der Waals surface area (Å²) in [6.07, 6.45) is 2.31. The third-order valence-electron chi connectivity index (χ3n) is 3.38. The van der Waals surface area contributed by atoms with E-state index in [1.165, 1.54) is 24.0 Å². The van der Waals surface area contributed by atoms with Crippen LogP contribution >= 0.6 is 0 Å². The summed E-state index contributed by atoms with van der Waals surface area (Å²) in [6.45, 7) is 0.693. The van der Waals surface area contributed by atoms with Gasteiger partial charge in [0.05, 0.1) is 10.4 Å². The zero-order valence-electron chi connectivity index (χ0n) is 11.8. The number of non-ortho nitro benzene ring substituents is 1. The van der Waals surface area contributed by atoms with Crippen molar-refractivity contribution in [2.75, 3.05) is 11.9 Å². The fourth-order valence-corrected chi connectivity index (χ4v) is 2.27. The minimum atomic E-state index is -0.416. The van der Waals surface area contributed by atoms with Crippen molar-refractivity contribution < 1.29 is 4.92 Å². The molecule has 0 amide bonds. The second kappa shape index (κ2) is 6.17. The fourth-order valence-electron chi connectivity index (χ4n) is 2.27. The maximum atomic E-state index is 10.9. The van der Waals surface area contributed by atoms with Gasteiger partial charge in [-0.1, -0.05) is 30.3 Å². The van der Waals surface area contributed by atoms with Gasteiger partial charge in [0.25, 0.3) is 5.69 Å². The lowest BCUT2D eigenvalue weighted by atomic mass is 10.1. The van der Waals surface area contributed by atoms with Gasteiger partial charge in [-0.15, -0.1) is 0 Å².